The quantitative estimate of drug-likeness (QED) is 0.797. The third-order valence-corrected chi connectivity index (χ3v) is 3.08. The Hall–Kier alpha value is -3.14. The van der Waals surface area contributed by atoms with E-state index in [4.69, 9.17) is 0 Å². The minimum absolute atomic E-state index is 0.176. The van der Waals surface area contributed by atoms with Crippen LogP contribution in [0.4, 0.5) is 0 Å². The van der Waals surface area contributed by atoms with E-state index in [1.165, 1.54) is 6.07 Å². The van der Waals surface area contributed by atoms with Crippen molar-refractivity contribution in [1.82, 2.24) is 4.98 Å². The molecule has 0 radical (unpaired) electrons. The zero-order valence-corrected chi connectivity index (χ0v) is 11.8. The van der Waals surface area contributed by atoms with Crippen LogP contribution in [0.1, 0.15) is 5.69 Å². The van der Waals surface area contributed by atoms with E-state index in [0.717, 1.165) is 11.3 Å². The summed E-state index contributed by atoms with van der Waals surface area (Å²) in [6.45, 7) is 0. The maximum atomic E-state index is 12.2. The first-order chi connectivity index (χ1) is 10.9. The molecule has 0 saturated heterocycles. The zero-order chi connectivity index (χ0) is 15.2. The molecule has 0 aliphatic carbocycles. The molecule has 0 unspecified atom stereocenters. The molecular formula is C18H13N3O. The molecule has 0 bridgehead atoms. The third-order valence-electron chi connectivity index (χ3n) is 3.08. The molecule has 0 spiro atoms. The van der Waals surface area contributed by atoms with Gasteiger partial charge in [-0.2, -0.15) is 0 Å². The van der Waals surface area contributed by atoms with Gasteiger partial charge < -0.3 is 0 Å². The maximum absolute atomic E-state index is 12.2. The van der Waals surface area contributed by atoms with E-state index >= 15 is 0 Å². The fourth-order valence-corrected chi connectivity index (χ4v) is 2.08. The Bertz CT molecular complexity index is 834. The van der Waals surface area contributed by atoms with Gasteiger partial charge in [-0.15, -0.1) is 0 Å². The van der Waals surface area contributed by atoms with E-state index in [-0.39, 0.29) is 5.43 Å². The second-order valence-electron chi connectivity index (χ2n) is 4.54. The SMILES string of the molecule is O=c1ccccnc1C1=NC=CC=CC1=C1C=CC=CC=N1. The van der Waals surface area contributed by atoms with Crippen LogP contribution in [0.25, 0.3) is 0 Å². The topological polar surface area (TPSA) is 54.7 Å². The molecule has 22 heavy (non-hydrogen) atoms. The Labute approximate surface area is 128 Å². The molecule has 4 heteroatoms. The van der Waals surface area contributed by atoms with Crippen molar-refractivity contribution in [3.63, 3.8) is 0 Å². The van der Waals surface area contributed by atoms with Gasteiger partial charge in [0.2, 0.25) is 5.43 Å². The number of rotatable bonds is 1. The van der Waals surface area contributed by atoms with E-state index in [1.807, 2.05) is 42.5 Å². The van der Waals surface area contributed by atoms with Crippen molar-refractivity contribution in [2.24, 2.45) is 9.98 Å². The predicted octanol–water partition coefficient (Wildman–Crippen LogP) is 2.77. The number of hydrogen-bond acceptors (Lipinski definition) is 4. The summed E-state index contributed by atoms with van der Waals surface area (Å²) in [5, 5.41) is 0. The Balaban J connectivity index is 2.24. The second kappa shape index (κ2) is 6.54. The molecule has 1 aromatic heterocycles. The molecular weight excluding hydrogens is 274 g/mol. The van der Waals surface area contributed by atoms with Crippen LogP contribution in [0.3, 0.4) is 0 Å². The van der Waals surface area contributed by atoms with Gasteiger partial charge in [0.1, 0.15) is 11.4 Å². The highest BCUT2D eigenvalue weighted by Gasteiger charge is 2.16. The van der Waals surface area contributed by atoms with E-state index < -0.39 is 0 Å². The van der Waals surface area contributed by atoms with Crippen LogP contribution in [-0.4, -0.2) is 16.9 Å². The highest BCUT2D eigenvalue weighted by molar-refractivity contribution is 6.14. The molecule has 106 valence electrons. The predicted molar refractivity (Wildman–Crippen MR) is 89.1 cm³/mol. The van der Waals surface area contributed by atoms with Crippen molar-refractivity contribution in [2.45, 2.75) is 0 Å². The van der Waals surface area contributed by atoms with Crippen molar-refractivity contribution >= 4 is 11.9 Å². The maximum Gasteiger partial charge on any atom is 0.206 e. The third kappa shape index (κ3) is 2.96. The normalized spacial score (nSPS) is 19.7. The van der Waals surface area contributed by atoms with Gasteiger partial charge in [0, 0.05) is 24.2 Å². The fraction of sp³-hybridized carbons (Fsp3) is 0. The average molecular weight is 287 g/mol. The van der Waals surface area contributed by atoms with Gasteiger partial charge >= 0.3 is 0 Å². The summed E-state index contributed by atoms with van der Waals surface area (Å²) in [6.07, 6.45) is 18.0. The minimum atomic E-state index is -0.176. The van der Waals surface area contributed by atoms with Gasteiger partial charge in [-0.3, -0.25) is 19.8 Å². The summed E-state index contributed by atoms with van der Waals surface area (Å²) in [5.74, 6) is 0. The lowest BCUT2D eigenvalue weighted by Gasteiger charge is -2.06. The van der Waals surface area contributed by atoms with Gasteiger partial charge in [-0.05, 0) is 30.4 Å². The number of aliphatic imine (C=N–C) groups is 2. The molecule has 0 atom stereocenters. The summed E-state index contributed by atoms with van der Waals surface area (Å²) in [4.78, 5) is 25.3. The molecule has 0 amide bonds. The average Bonchev–Trinajstić information content (AvgIpc) is 2.99. The fourth-order valence-electron chi connectivity index (χ4n) is 2.08. The first-order valence-corrected chi connectivity index (χ1v) is 6.85. The summed E-state index contributed by atoms with van der Waals surface area (Å²) in [7, 11) is 0. The second-order valence-corrected chi connectivity index (χ2v) is 4.54. The largest absolute Gasteiger partial charge is 0.287 e. The minimum Gasteiger partial charge on any atom is -0.287 e. The van der Waals surface area contributed by atoms with E-state index in [2.05, 4.69) is 15.0 Å². The monoisotopic (exact) mass is 287 g/mol. The van der Waals surface area contributed by atoms with Crippen LogP contribution in [-0.2, 0) is 0 Å². The van der Waals surface area contributed by atoms with Crippen molar-refractivity contribution in [2.75, 3.05) is 0 Å². The molecule has 3 rings (SSSR count). The van der Waals surface area contributed by atoms with Crippen LogP contribution < -0.4 is 5.43 Å². The molecule has 0 saturated carbocycles. The molecule has 2 aliphatic rings. The lowest BCUT2D eigenvalue weighted by molar-refractivity contribution is 1.28. The van der Waals surface area contributed by atoms with Crippen LogP contribution in [0.5, 0.6) is 0 Å². The van der Waals surface area contributed by atoms with Crippen LogP contribution in [0.15, 0.2) is 99.2 Å². The standard InChI is InChI=1S/C18H13N3O/c22-16-10-4-7-13-21-18(16)17-14(8-3-6-12-20-17)15-9-2-1-5-11-19-15/h1-13H. The Morgan fingerprint density at radius 1 is 0.909 bits per heavy atom. The number of aromatic nitrogens is 1. The van der Waals surface area contributed by atoms with Crippen molar-refractivity contribution < 1.29 is 0 Å². The Morgan fingerprint density at radius 2 is 1.82 bits per heavy atom. The number of hydrogen-bond donors (Lipinski definition) is 0. The summed E-state index contributed by atoms with van der Waals surface area (Å²) in [5.41, 5.74) is 2.15. The van der Waals surface area contributed by atoms with Crippen LogP contribution in [0, 0.1) is 0 Å². The van der Waals surface area contributed by atoms with Gasteiger partial charge in [-0.1, -0.05) is 30.4 Å². The molecule has 0 N–H and O–H groups in total. The molecule has 1 aromatic rings. The van der Waals surface area contributed by atoms with E-state index in [9.17, 15) is 4.79 Å². The van der Waals surface area contributed by atoms with E-state index in [1.54, 1.807) is 30.7 Å². The summed E-state index contributed by atoms with van der Waals surface area (Å²) < 4.78 is 0. The first-order valence-electron chi connectivity index (χ1n) is 6.85. The van der Waals surface area contributed by atoms with Crippen LogP contribution in [0.2, 0.25) is 0 Å². The van der Waals surface area contributed by atoms with Gasteiger partial charge in [0.15, 0.2) is 0 Å². The first kappa shape index (κ1) is 13.8. The van der Waals surface area contributed by atoms with E-state index in [0.29, 0.717) is 11.4 Å². The van der Waals surface area contributed by atoms with Gasteiger partial charge in [-0.25, -0.2) is 0 Å². The number of allylic oxidation sites excluding steroid dienone is 8. The highest BCUT2D eigenvalue weighted by atomic mass is 16.1. The van der Waals surface area contributed by atoms with Crippen LogP contribution >= 0.6 is 0 Å². The number of nitrogens with zero attached hydrogens (tertiary/aromatic N) is 3. The Kier molecular flexibility index (Phi) is 4.11. The molecule has 0 aromatic carbocycles. The molecule has 0 fully saturated rings. The molecule has 3 heterocycles. The highest BCUT2D eigenvalue weighted by Crippen LogP contribution is 2.18. The van der Waals surface area contributed by atoms with Gasteiger partial charge in [0.05, 0.1) is 5.70 Å². The lowest BCUT2D eigenvalue weighted by Crippen LogP contribution is -2.17. The van der Waals surface area contributed by atoms with Gasteiger partial charge in [0.25, 0.3) is 0 Å². The summed E-state index contributed by atoms with van der Waals surface area (Å²) >= 11 is 0. The molecule has 2 aliphatic heterocycles. The smallest absolute Gasteiger partial charge is 0.206 e. The van der Waals surface area contributed by atoms with Crippen molar-refractivity contribution in [3.05, 3.63) is 100 Å². The van der Waals surface area contributed by atoms with Crippen molar-refractivity contribution in [1.29, 1.82) is 0 Å². The van der Waals surface area contributed by atoms with Crippen molar-refractivity contribution in [3.8, 4) is 0 Å². The summed E-state index contributed by atoms with van der Waals surface area (Å²) in [6, 6.07) is 4.87. The lowest BCUT2D eigenvalue weighted by atomic mass is 10.0. The molecule has 4 nitrogen and oxygen atoms in total. The Morgan fingerprint density at radius 3 is 2.77 bits per heavy atom. The zero-order valence-electron chi connectivity index (χ0n) is 11.8.